The fourth-order valence-electron chi connectivity index (χ4n) is 3.20. The Morgan fingerprint density at radius 3 is 2.62 bits per heavy atom. The Hall–Kier alpha value is -1.83. The summed E-state index contributed by atoms with van der Waals surface area (Å²) < 4.78 is 45.6. The fourth-order valence-corrected chi connectivity index (χ4v) is 3.56. The van der Waals surface area contributed by atoms with Crippen LogP contribution in [0, 0.1) is 5.92 Å². The first kappa shape index (κ1) is 18.9. The minimum Gasteiger partial charge on any atom is -0.466 e. The second kappa shape index (κ2) is 7.42. The predicted octanol–water partition coefficient (Wildman–Crippen LogP) is 4.80. The molecule has 1 aliphatic rings. The number of hydrogen-bond donors (Lipinski definition) is 0. The highest BCUT2D eigenvalue weighted by molar-refractivity contribution is 9.10. The highest BCUT2D eigenvalue weighted by Crippen LogP contribution is 2.37. The number of carbonyl (C=O) groups is 1. The SMILES string of the molecule is CCOC(=O)C1CCN(c2cc(C(F)(F)F)nc3ccc(Br)cc23)CC1. The summed E-state index contributed by atoms with van der Waals surface area (Å²) in [6.45, 7) is 3.07. The van der Waals surface area contributed by atoms with Gasteiger partial charge in [-0.15, -0.1) is 0 Å². The number of benzene rings is 1. The Kier molecular flexibility index (Phi) is 5.41. The maximum Gasteiger partial charge on any atom is 0.433 e. The Balaban J connectivity index is 1.94. The van der Waals surface area contributed by atoms with Crippen LogP contribution in [0.25, 0.3) is 10.9 Å². The van der Waals surface area contributed by atoms with E-state index in [1.54, 1.807) is 25.1 Å². The second-order valence-electron chi connectivity index (χ2n) is 6.20. The molecule has 3 rings (SSSR count). The van der Waals surface area contributed by atoms with E-state index >= 15 is 0 Å². The van der Waals surface area contributed by atoms with Gasteiger partial charge in [0.1, 0.15) is 5.69 Å². The average molecular weight is 431 g/mol. The van der Waals surface area contributed by atoms with Crippen molar-refractivity contribution in [1.29, 1.82) is 0 Å². The molecule has 0 aliphatic carbocycles. The third-order valence-corrected chi connectivity index (χ3v) is 4.99. The molecule has 4 nitrogen and oxygen atoms in total. The van der Waals surface area contributed by atoms with Crippen LogP contribution in [0.15, 0.2) is 28.7 Å². The minimum atomic E-state index is -4.51. The molecule has 140 valence electrons. The van der Waals surface area contributed by atoms with Gasteiger partial charge in [0.15, 0.2) is 0 Å². The number of halogens is 4. The predicted molar refractivity (Wildman–Crippen MR) is 96.0 cm³/mol. The van der Waals surface area contributed by atoms with Gasteiger partial charge in [-0.25, -0.2) is 4.98 Å². The Labute approximate surface area is 157 Å². The molecule has 0 atom stereocenters. The van der Waals surface area contributed by atoms with Gasteiger partial charge in [-0.1, -0.05) is 15.9 Å². The summed E-state index contributed by atoms with van der Waals surface area (Å²) in [5, 5.41) is 0.655. The number of fused-ring (bicyclic) bond motifs is 1. The highest BCUT2D eigenvalue weighted by Gasteiger charge is 2.35. The van der Waals surface area contributed by atoms with E-state index in [1.165, 1.54) is 0 Å². The van der Waals surface area contributed by atoms with Crippen molar-refractivity contribution in [3.05, 3.63) is 34.4 Å². The van der Waals surface area contributed by atoms with Crippen LogP contribution in [-0.2, 0) is 15.7 Å². The zero-order valence-electron chi connectivity index (χ0n) is 14.1. The zero-order valence-corrected chi connectivity index (χ0v) is 15.7. The number of anilines is 1. The van der Waals surface area contributed by atoms with Crippen molar-refractivity contribution < 1.29 is 22.7 Å². The molecule has 2 heterocycles. The number of ether oxygens (including phenoxy) is 1. The summed E-state index contributed by atoms with van der Waals surface area (Å²) in [6, 6.07) is 6.12. The van der Waals surface area contributed by atoms with Crippen LogP contribution in [-0.4, -0.2) is 30.6 Å². The standard InChI is InChI=1S/C18H18BrF3N2O2/c1-2-26-17(25)11-5-7-24(8-6-11)15-10-16(18(20,21)22)23-14-4-3-12(19)9-13(14)15/h3-4,9-11H,2,5-8H2,1H3. The molecule has 0 N–H and O–H groups in total. The molecule has 1 aromatic carbocycles. The van der Waals surface area contributed by atoms with Crippen LogP contribution in [0.3, 0.4) is 0 Å². The van der Waals surface area contributed by atoms with Gasteiger partial charge in [-0.3, -0.25) is 4.79 Å². The van der Waals surface area contributed by atoms with Gasteiger partial charge in [0.2, 0.25) is 0 Å². The summed E-state index contributed by atoms with van der Waals surface area (Å²) in [5.74, 6) is -0.432. The first-order chi connectivity index (χ1) is 12.3. The lowest BCUT2D eigenvalue weighted by molar-refractivity contribution is -0.148. The quantitative estimate of drug-likeness (QED) is 0.656. The number of pyridine rings is 1. The second-order valence-corrected chi connectivity index (χ2v) is 7.11. The molecular weight excluding hydrogens is 413 g/mol. The summed E-state index contributed by atoms with van der Waals surface area (Å²) >= 11 is 3.36. The van der Waals surface area contributed by atoms with Crippen LogP contribution < -0.4 is 4.90 Å². The smallest absolute Gasteiger partial charge is 0.433 e. The lowest BCUT2D eigenvalue weighted by atomic mass is 9.96. The number of carbonyl (C=O) groups excluding carboxylic acids is 1. The number of aromatic nitrogens is 1. The van der Waals surface area contributed by atoms with Crippen molar-refractivity contribution in [2.45, 2.75) is 25.9 Å². The molecule has 0 spiro atoms. The number of alkyl halides is 3. The molecule has 1 saturated heterocycles. The van der Waals surface area contributed by atoms with Crippen LogP contribution >= 0.6 is 15.9 Å². The molecule has 1 aromatic heterocycles. The van der Waals surface area contributed by atoms with E-state index < -0.39 is 11.9 Å². The van der Waals surface area contributed by atoms with Crippen molar-refractivity contribution in [2.24, 2.45) is 5.92 Å². The maximum atomic E-state index is 13.2. The van der Waals surface area contributed by atoms with E-state index in [4.69, 9.17) is 4.74 Å². The van der Waals surface area contributed by atoms with E-state index in [0.717, 1.165) is 10.5 Å². The lowest BCUT2D eigenvalue weighted by Crippen LogP contribution is -2.37. The largest absolute Gasteiger partial charge is 0.466 e. The molecule has 0 bridgehead atoms. The van der Waals surface area contributed by atoms with Gasteiger partial charge in [0, 0.05) is 28.6 Å². The number of esters is 1. The topological polar surface area (TPSA) is 42.4 Å². The lowest BCUT2D eigenvalue weighted by Gasteiger charge is -2.33. The molecule has 0 saturated carbocycles. The van der Waals surface area contributed by atoms with Gasteiger partial charge in [0.05, 0.1) is 18.0 Å². The van der Waals surface area contributed by atoms with Crippen molar-refractivity contribution in [3.63, 3.8) is 0 Å². The number of rotatable bonds is 3. The van der Waals surface area contributed by atoms with Crippen molar-refractivity contribution in [3.8, 4) is 0 Å². The van der Waals surface area contributed by atoms with Gasteiger partial charge in [-0.05, 0) is 44.0 Å². The van der Waals surface area contributed by atoms with Gasteiger partial charge in [0.25, 0.3) is 0 Å². The van der Waals surface area contributed by atoms with Crippen LogP contribution in [0.1, 0.15) is 25.5 Å². The summed E-state index contributed by atoms with van der Waals surface area (Å²) in [4.78, 5) is 17.5. The first-order valence-electron chi connectivity index (χ1n) is 8.38. The van der Waals surface area contributed by atoms with Crippen molar-refractivity contribution in [1.82, 2.24) is 4.98 Å². The third kappa shape index (κ3) is 3.95. The maximum absolute atomic E-state index is 13.2. The van der Waals surface area contributed by atoms with Crippen LogP contribution in [0.4, 0.5) is 18.9 Å². The average Bonchev–Trinajstić information content (AvgIpc) is 2.60. The van der Waals surface area contributed by atoms with Gasteiger partial charge < -0.3 is 9.64 Å². The number of nitrogens with zero attached hydrogens (tertiary/aromatic N) is 2. The molecule has 2 aromatic rings. The fraction of sp³-hybridized carbons (Fsp3) is 0.444. The Morgan fingerprint density at radius 2 is 2.00 bits per heavy atom. The number of hydrogen-bond acceptors (Lipinski definition) is 4. The third-order valence-electron chi connectivity index (χ3n) is 4.49. The van der Waals surface area contributed by atoms with Crippen LogP contribution in [0.2, 0.25) is 0 Å². The van der Waals surface area contributed by atoms with E-state index in [0.29, 0.717) is 49.1 Å². The van der Waals surface area contributed by atoms with Crippen LogP contribution in [0.5, 0.6) is 0 Å². The monoisotopic (exact) mass is 430 g/mol. The van der Waals surface area contributed by atoms with E-state index in [1.807, 2.05) is 4.90 Å². The van der Waals surface area contributed by atoms with E-state index in [9.17, 15) is 18.0 Å². The molecular formula is C18H18BrF3N2O2. The van der Waals surface area contributed by atoms with Crippen molar-refractivity contribution >= 4 is 38.5 Å². The van der Waals surface area contributed by atoms with Crippen molar-refractivity contribution in [2.75, 3.05) is 24.6 Å². The Morgan fingerprint density at radius 1 is 1.31 bits per heavy atom. The van der Waals surface area contributed by atoms with Gasteiger partial charge in [-0.2, -0.15) is 13.2 Å². The normalized spacial score (nSPS) is 16.1. The minimum absolute atomic E-state index is 0.201. The van der Waals surface area contributed by atoms with Gasteiger partial charge >= 0.3 is 12.1 Å². The summed E-state index contributed by atoms with van der Waals surface area (Å²) in [6.07, 6.45) is -3.41. The molecule has 26 heavy (non-hydrogen) atoms. The molecule has 0 unspecified atom stereocenters. The molecule has 1 fully saturated rings. The summed E-state index contributed by atoms with van der Waals surface area (Å²) in [5.41, 5.74) is -0.119. The van der Waals surface area contributed by atoms with E-state index in [2.05, 4.69) is 20.9 Å². The molecule has 1 aliphatic heterocycles. The molecule has 0 amide bonds. The first-order valence-corrected chi connectivity index (χ1v) is 9.18. The molecule has 8 heteroatoms. The highest BCUT2D eigenvalue weighted by atomic mass is 79.9. The summed E-state index contributed by atoms with van der Waals surface area (Å²) in [7, 11) is 0. The Bertz CT molecular complexity index is 818. The molecule has 0 radical (unpaired) electrons. The zero-order chi connectivity index (χ0) is 18.9. The van der Waals surface area contributed by atoms with E-state index in [-0.39, 0.29) is 11.9 Å². The number of piperidine rings is 1.